The summed E-state index contributed by atoms with van der Waals surface area (Å²) in [4.78, 5) is 24.8. The fraction of sp³-hybridized carbons (Fsp3) is 0.273. The summed E-state index contributed by atoms with van der Waals surface area (Å²) in [5.74, 6) is -0.513. The van der Waals surface area contributed by atoms with E-state index in [0.29, 0.717) is 11.1 Å². The summed E-state index contributed by atoms with van der Waals surface area (Å²) < 4.78 is 4.93. The van der Waals surface area contributed by atoms with Crippen molar-refractivity contribution >= 4 is 11.8 Å². The zero-order valence-electron chi connectivity index (χ0n) is 9.51. The molecule has 0 aliphatic carbocycles. The summed E-state index contributed by atoms with van der Waals surface area (Å²) in [5, 5.41) is 3.39. The Morgan fingerprint density at radius 1 is 1.41 bits per heavy atom. The van der Waals surface area contributed by atoms with Gasteiger partial charge in [0.25, 0.3) is 0 Å². The third-order valence-electron chi connectivity index (χ3n) is 2.00. The maximum absolute atomic E-state index is 11.3. The van der Waals surface area contributed by atoms with Crippen molar-refractivity contribution in [2.75, 3.05) is 0 Å². The van der Waals surface area contributed by atoms with Crippen molar-refractivity contribution in [1.82, 2.24) is 0 Å². The zero-order valence-corrected chi connectivity index (χ0v) is 9.51. The summed E-state index contributed by atoms with van der Waals surface area (Å²) in [6, 6.07) is 4.72. The lowest BCUT2D eigenvalue weighted by Crippen LogP contribution is -2.06. The van der Waals surface area contributed by atoms with Gasteiger partial charge in [-0.3, -0.25) is 9.59 Å². The number of nitrogens with zero attached hydrogens (tertiary/aromatic N) is 3. The predicted octanol–water partition coefficient (Wildman–Crippen LogP) is 2.62. The summed E-state index contributed by atoms with van der Waals surface area (Å²) in [6.07, 6.45) is 0. The normalized spacial score (nSPS) is 9.29. The number of hydrogen-bond donors (Lipinski definition) is 0. The van der Waals surface area contributed by atoms with E-state index in [0.717, 1.165) is 0 Å². The topological polar surface area (TPSA) is 92.1 Å². The molecule has 0 aromatic heterocycles. The van der Waals surface area contributed by atoms with Crippen LogP contribution in [0.15, 0.2) is 23.3 Å². The molecule has 0 unspecified atom stereocenters. The van der Waals surface area contributed by atoms with Gasteiger partial charge in [0.05, 0.1) is 12.1 Å². The average molecular weight is 233 g/mol. The van der Waals surface area contributed by atoms with Crippen LogP contribution < -0.4 is 4.74 Å². The minimum atomic E-state index is -0.506. The second-order valence-corrected chi connectivity index (χ2v) is 3.37. The number of carbonyl (C=O) groups excluding carboxylic acids is 2. The van der Waals surface area contributed by atoms with Crippen LogP contribution in [0.1, 0.15) is 29.8 Å². The van der Waals surface area contributed by atoms with Gasteiger partial charge in [-0.1, -0.05) is 11.2 Å². The number of hydrogen-bond acceptors (Lipinski definition) is 4. The maximum Gasteiger partial charge on any atom is 0.308 e. The first-order valence-electron chi connectivity index (χ1n) is 4.87. The van der Waals surface area contributed by atoms with Gasteiger partial charge in [-0.05, 0) is 30.2 Å². The number of esters is 1. The Hall–Kier alpha value is -2.33. The van der Waals surface area contributed by atoms with Crippen molar-refractivity contribution in [3.05, 3.63) is 39.8 Å². The lowest BCUT2D eigenvalue weighted by molar-refractivity contribution is -0.131. The lowest BCUT2D eigenvalue weighted by Gasteiger charge is -2.07. The van der Waals surface area contributed by atoms with Crippen LogP contribution in [0.4, 0.5) is 0 Å². The number of Topliss-reactive ketones (excluding diaryl/α,β-unsaturated/α-hetero) is 1. The van der Waals surface area contributed by atoms with Crippen LogP contribution in [-0.2, 0) is 11.3 Å². The molecule has 0 aliphatic rings. The average Bonchev–Trinajstić information content (AvgIpc) is 2.25. The Kier molecular flexibility index (Phi) is 4.25. The first kappa shape index (κ1) is 12.7. The third kappa shape index (κ3) is 3.62. The van der Waals surface area contributed by atoms with Gasteiger partial charge < -0.3 is 4.74 Å². The Morgan fingerprint density at radius 2 is 2.12 bits per heavy atom. The van der Waals surface area contributed by atoms with Crippen molar-refractivity contribution in [1.29, 1.82) is 0 Å². The molecular formula is C11H11N3O3. The number of azide groups is 1. The molecule has 0 amide bonds. The molecule has 0 heterocycles. The van der Waals surface area contributed by atoms with Gasteiger partial charge in [-0.2, -0.15) is 0 Å². The van der Waals surface area contributed by atoms with Gasteiger partial charge in [-0.15, -0.1) is 0 Å². The lowest BCUT2D eigenvalue weighted by atomic mass is 10.1. The molecule has 88 valence electrons. The van der Waals surface area contributed by atoms with E-state index in [-0.39, 0.29) is 18.1 Å². The van der Waals surface area contributed by atoms with Gasteiger partial charge in [0, 0.05) is 11.8 Å². The molecule has 0 bridgehead atoms. The quantitative estimate of drug-likeness (QED) is 0.200. The van der Waals surface area contributed by atoms with Gasteiger partial charge in [-0.25, -0.2) is 0 Å². The first-order valence-corrected chi connectivity index (χ1v) is 4.87. The fourth-order valence-corrected chi connectivity index (χ4v) is 1.31. The fourth-order valence-electron chi connectivity index (χ4n) is 1.31. The van der Waals surface area contributed by atoms with Crippen molar-refractivity contribution in [2.24, 2.45) is 5.11 Å². The summed E-state index contributed by atoms with van der Waals surface area (Å²) in [7, 11) is 0. The Balaban J connectivity index is 3.13. The van der Waals surface area contributed by atoms with Crippen molar-refractivity contribution in [2.45, 2.75) is 20.4 Å². The van der Waals surface area contributed by atoms with E-state index >= 15 is 0 Å². The molecule has 0 atom stereocenters. The van der Waals surface area contributed by atoms with E-state index in [1.54, 1.807) is 12.1 Å². The van der Waals surface area contributed by atoms with Crippen LogP contribution in [0.5, 0.6) is 5.75 Å². The molecule has 0 saturated carbocycles. The number of ether oxygens (including phenoxy) is 1. The molecular weight excluding hydrogens is 222 g/mol. The molecule has 0 saturated heterocycles. The highest BCUT2D eigenvalue weighted by Gasteiger charge is 2.11. The molecule has 1 aromatic carbocycles. The van der Waals surface area contributed by atoms with Crippen LogP contribution in [0.25, 0.3) is 10.4 Å². The second-order valence-electron chi connectivity index (χ2n) is 3.37. The largest absolute Gasteiger partial charge is 0.426 e. The second kappa shape index (κ2) is 5.67. The molecule has 0 fully saturated rings. The molecule has 6 heteroatoms. The highest BCUT2D eigenvalue weighted by atomic mass is 16.5. The molecule has 0 spiro atoms. The molecule has 1 rings (SSSR count). The SMILES string of the molecule is CC(=O)Oc1cc(CN=[N+]=[N-])ccc1C(C)=O. The smallest absolute Gasteiger partial charge is 0.308 e. The van der Waals surface area contributed by atoms with E-state index in [2.05, 4.69) is 10.0 Å². The molecule has 17 heavy (non-hydrogen) atoms. The summed E-state index contributed by atoms with van der Waals surface area (Å²) in [5.41, 5.74) is 9.20. The highest BCUT2D eigenvalue weighted by molar-refractivity contribution is 5.97. The summed E-state index contributed by atoms with van der Waals surface area (Å²) in [6.45, 7) is 2.78. The Bertz CT molecular complexity index is 505. The molecule has 0 aliphatic heterocycles. The van der Waals surface area contributed by atoms with E-state index in [9.17, 15) is 9.59 Å². The number of benzene rings is 1. The monoisotopic (exact) mass is 233 g/mol. The third-order valence-corrected chi connectivity index (χ3v) is 2.00. The van der Waals surface area contributed by atoms with Crippen LogP contribution in [0.2, 0.25) is 0 Å². The first-order chi connectivity index (χ1) is 8.04. The van der Waals surface area contributed by atoms with Crippen LogP contribution >= 0.6 is 0 Å². The Labute approximate surface area is 97.8 Å². The van der Waals surface area contributed by atoms with E-state index < -0.39 is 5.97 Å². The molecule has 6 nitrogen and oxygen atoms in total. The van der Waals surface area contributed by atoms with E-state index in [4.69, 9.17) is 10.3 Å². The van der Waals surface area contributed by atoms with Crippen molar-refractivity contribution in [3.8, 4) is 5.75 Å². The Morgan fingerprint density at radius 3 is 2.65 bits per heavy atom. The number of ketones is 1. The minimum absolute atomic E-state index is 0.142. The van der Waals surface area contributed by atoms with E-state index in [1.807, 2.05) is 0 Å². The standard InChI is InChI=1S/C11H11N3O3/c1-7(15)10-4-3-9(6-13-14-12)5-11(10)17-8(2)16/h3-5H,6H2,1-2H3. The van der Waals surface area contributed by atoms with Gasteiger partial charge in [0.15, 0.2) is 5.78 Å². The van der Waals surface area contributed by atoms with Crippen molar-refractivity contribution < 1.29 is 14.3 Å². The van der Waals surface area contributed by atoms with Crippen LogP contribution in [0, 0.1) is 0 Å². The predicted molar refractivity (Wildman–Crippen MR) is 60.6 cm³/mol. The van der Waals surface area contributed by atoms with Crippen molar-refractivity contribution in [3.63, 3.8) is 0 Å². The van der Waals surface area contributed by atoms with Crippen LogP contribution in [-0.4, -0.2) is 11.8 Å². The van der Waals surface area contributed by atoms with Crippen LogP contribution in [0.3, 0.4) is 0 Å². The number of rotatable bonds is 4. The number of carbonyl (C=O) groups is 2. The minimum Gasteiger partial charge on any atom is -0.426 e. The molecule has 0 N–H and O–H groups in total. The highest BCUT2D eigenvalue weighted by Crippen LogP contribution is 2.22. The van der Waals surface area contributed by atoms with Gasteiger partial charge in [0.2, 0.25) is 0 Å². The summed E-state index contributed by atoms with van der Waals surface area (Å²) >= 11 is 0. The molecule has 0 radical (unpaired) electrons. The zero-order chi connectivity index (χ0) is 12.8. The maximum atomic E-state index is 11.3. The molecule has 1 aromatic rings. The van der Waals surface area contributed by atoms with Gasteiger partial charge >= 0.3 is 5.97 Å². The van der Waals surface area contributed by atoms with E-state index in [1.165, 1.54) is 19.9 Å². The van der Waals surface area contributed by atoms with Gasteiger partial charge in [0.1, 0.15) is 5.75 Å².